The minimum Gasteiger partial charge on any atom is -0.513 e. The van der Waals surface area contributed by atoms with Crippen molar-refractivity contribution in [3.8, 4) is 0 Å². The summed E-state index contributed by atoms with van der Waals surface area (Å²) in [5, 5.41) is 16.9. The molecule has 141 valence electrons. The number of allylic oxidation sites excluding steroid dienone is 1. The second kappa shape index (κ2) is 30.0. The maximum atomic E-state index is 8.49. The van der Waals surface area contributed by atoms with Crippen LogP contribution in [-0.4, -0.2) is 16.3 Å². The van der Waals surface area contributed by atoms with E-state index in [9.17, 15) is 0 Å². The molecule has 0 aromatic carbocycles. The first-order valence-electron chi connectivity index (χ1n) is 8.60. The van der Waals surface area contributed by atoms with Crippen molar-refractivity contribution in [3.05, 3.63) is 26.7 Å². The Kier molecular flexibility index (Phi) is 44.9. The van der Waals surface area contributed by atoms with E-state index in [0.717, 1.165) is 0 Å². The van der Waals surface area contributed by atoms with Crippen LogP contribution in [0.2, 0.25) is 0 Å². The molecule has 2 aliphatic rings. The summed E-state index contributed by atoms with van der Waals surface area (Å²) in [6.07, 6.45) is 17.1. The Morgan fingerprint density at radius 1 is 0.826 bits per heavy atom. The van der Waals surface area contributed by atoms with Crippen LogP contribution in [-0.2, 0) is 18.6 Å². The molecule has 0 aromatic heterocycles. The van der Waals surface area contributed by atoms with Gasteiger partial charge in [0.1, 0.15) is 0 Å². The summed E-state index contributed by atoms with van der Waals surface area (Å²) in [7, 11) is 0. The van der Waals surface area contributed by atoms with E-state index in [4.69, 9.17) is 10.2 Å². The van der Waals surface area contributed by atoms with E-state index in [1.807, 2.05) is 0 Å². The Morgan fingerprint density at radius 2 is 1.00 bits per heavy atom. The summed E-state index contributed by atoms with van der Waals surface area (Å²) in [4.78, 5) is 0. The van der Waals surface area contributed by atoms with Crippen molar-refractivity contribution in [1.82, 2.24) is 0 Å². The molecule has 2 saturated carbocycles. The Bertz CT molecular complexity index is 167. The first-order valence-corrected chi connectivity index (χ1v) is 8.60. The first-order chi connectivity index (χ1) is 9.54. The normalized spacial score (nSPS) is 16.3. The minimum absolute atomic E-state index is 0. The summed E-state index contributed by atoms with van der Waals surface area (Å²) in [5.74, 6) is 0.162. The molecule has 0 saturated heterocycles. The van der Waals surface area contributed by atoms with Gasteiger partial charge in [-0.1, -0.05) is 84.5 Å². The summed E-state index contributed by atoms with van der Waals surface area (Å²) < 4.78 is 0. The van der Waals surface area contributed by atoms with Crippen LogP contribution in [0.25, 0.3) is 0 Å². The zero-order chi connectivity index (χ0) is 15.6. The molecular weight excluding hydrogens is 323 g/mol. The topological polar surface area (TPSA) is 40.5 Å². The van der Waals surface area contributed by atoms with Gasteiger partial charge in [-0.25, -0.2) is 0 Å². The molecule has 2 N–H and O–H groups in total. The van der Waals surface area contributed by atoms with Crippen LogP contribution in [0.5, 0.6) is 0 Å². The van der Waals surface area contributed by atoms with E-state index < -0.39 is 6.10 Å². The fourth-order valence-electron chi connectivity index (χ4n) is 2.12. The van der Waals surface area contributed by atoms with Crippen molar-refractivity contribution in [2.24, 2.45) is 0 Å². The van der Waals surface area contributed by atoms with Gasteiger partial charge in [0, 0.05) is 0 Å². The Hall–Kier alpha value is 0.0844. The molecule has 23 heavy (non-hydrogen) atoms. The average Bonchev–Trinajstić information content (AvgIpc) is 3.08. The SMILES string of the molecule is C1CCCC1.C1CCCC1.CC(O)=CC(C)O.CCC.[CH3-].[CH3-].[V+2]. The van der Waals surface area contributed by atoms with Gasteiger partial charge in [-0.2, -0.15) is 0 Å². The Balaban J connectivity index is -0.0000000618. The van der Waals surface area contributed by atoms with Crippen molar-refractivity contribution in [1.29, 1.82) is 0 Å². The largest absolute Gasteiger partial charge is 2.00 e. The molecule has 0 aromatic rings. The second-order valence-electron chi connectivity index (χ2n) is 5.79. The third kappa shape index (κ3) is 44.9. The van der Waals surface area contributed by atoms with Crippen LogP contribution in [0.4, 0.5) is 0 Å². The molecule has 2 fully saturated rings. The van der Waals surface area contributed by atoms with Gasteiger partial charge in [0.25, 0.3) is 0 Å². The van der Waals surface area contributed by atoms with Gasteiger partial charge < -0.3 is 25.1 Å². The van der Waals surface area contributed by atoms with E-state index in [0.29, 0.717) is 0 Å². The fraction of sp³-hybridized carbons (Fsp3) is 0.800. The van der Waals surface area contributed by atoms with E-state index in [1.165, 1.54) is 83.6 Å². The Morgan fingerprint density at radius 3 is 1.04 bits per heavy atom. The minimum atomic E-state index is -0.537. The molecule has 3 heteroatoms. The summed E-state index contributed by atoms with van der Waals surface area (Å²) in [6.45, 7) is 7.35. The first kappa shape index (κ1) is 34.4. The van der Waals surface area contributed by atoms with Crippen molar-refractivity contribution in [2.75, 3.05) is 0 Å². The van der Waals surface area contributed by atoms with E-state index in [1.54, 1.807) is 6.92 Å². The third-order valence-electron chi connectivity index (χ3n) is 2.98. The smallest absolute Gasteiger partial charge is 0.513 e. The molecule has 0 heterocycles. The number of rotatable bonds is 1. The number of aliphatic hydroxyl groups is 2. The quantitative estimate of drug-likeness (QED) is 0.385. The van der Waals surface area contributed by atoms with E-state index >= 15 is 0 Å². The Labute approximate surface area is 160 Å². The molecule has 2 rings (SSSR count). The second-order valence-corrected chi connectivity index (χ2v) is 5.79. The van der Waals surface area contributed by atoms with Crippen LogP contribution >= 0.6 is 0 Å². The number of hydrogen-bond acceptors (Lipinski definition) is 2. The van der Waals surface area contributed by atoms with Crippen LogP contribution in [0.3, 0.4) is 0 Å². The van der Waals surface area contributed by atoms with Gasteiger partial charge in [-0.05, 0) is 19.9 Å². The van der Waals surface area contributed by atoms with Crippen LogP contribution in [0.15, 0.2) is 11.8 Å². The molecule has 0 aliphatic heterocycles. The molecule has 1 atom stereocenters. The number of hydrogen-bond donors (Lipinski definition) is 2. The van der Waals surface area contributed by atoms with E-state index in [-0.39, 0.29) is 39.2 Å². The zero-order valence-electron chi connectivity index (χ0n) is 16.8. The maximum Gasteiger partial charge on any atom is 2.00 e. The van der Waals surface area contributed by atoms with Crippen molar-refractivity contribution in [2.45, 2.75) is 104 Å². The molecule has 1 radical (unpaired) electrons. The van der Waals surface area contributed by atoms with Gasteiger partial charge in [0.05, 0.1) is 11.9 Å². The molecule has 0 bridgehead atoms. The molecule has 2 aliphatic carbocycles. The maximum absolute atomic E-state index is 8.49. The van der Waals surface area contributed by atoms with Gasteiger partial charge in [-0.15, -0.1) is 0 Å². The molecule has 0 spiro atoms. The monoisotopic (exact) mass is 367 g/mol. The van der Waals surface area contributed by atoms with Crippen LogP contribution in [0, 0.1) is 14.9 Å². The van der Waals surface area contributed by atoms with Crippen molar-refractivity contribution >= 4 is 0 Å². The van der Waals surface area contributed by atoms with Gasteiger partial charge in [-0.3, -0.25) is 0 Å². The van der Waals surface area contributed by atoms with Crippen LogP contribution < -0.4 is 0 Å². The molecule has 0 amide bonds. The van der Waals surface area contributed by atoms with Crippen molar-refractivity contribution in [3.63, 3.8) is 0 Å². The predicted molar refractivity (Wildman–Crippen MR) is 103 cm³/mol. The van der Waals surface area contributed by atoms with Crippen LogP contribution in [0.1, 0.15) is 98.3 Å². The van der Waals surface area contributed by atoms with Crippen molar-refractivity contribution < 1.29 is 28.8 Å². The standard InChI is InChI=1S/C5H10O2.2C5H10.C3H8.2CH3.V/c1-4(6)3-5(2)7;2*1-2-4-5-3-1;1-3-2;;;/h3-4,6-7H,1-2H3;2*1-5H2;3H2,1-2H3;2*1H3;/q;;;;2*-1;+2. The number of aliphatic hydroxyl groups excluding tert-OH is 2. The molecular formula is C20H44O2V. The average molecular weight is 368 g/mol. The summed E-state index contributed by atoms with van der Waals surface area (Å²) in [5.41, 5.74) is 0. The predicted octanol–water partition coefficient (Wildman–Crippen LogP) is 7.04. The van der Waals surface area contributed by atoms with Gasteiger partial charge in [0.15, 0.2) is 0 Å². The molecule has 2 nitrogen and oxygen atoms in total. The fourth-order valence-corrected chi connectivity index (χ4v) is 2.12. The zero-order valence-corrected chi connectivity index (χ0v) is 18.2. The van der Waals surface area contributed by atoms with Gasteiger partial charge >= 0.3 is 18.6 Å². The van der Waals surface area contributed by atoms with E-state index in [2.05, 4.69) is 13.8 Å². The summed E-state index contributed by atoms with van der Waals surface area (Å²) >= 11 is 0. The van der Waals surface area contributed by atoms with Gasteiger partial charge in [0.2, 0.25) is 0 Å². The third-order valence-corrected chi connectivity index (χ3v) is 2.98. The molecule has 1 unspecified atom stereocenters. The summed E-state index contributed by atoms with van der Waals surface area (Å²) in [6, 6.07) is 0.